The predicted octanol–water partition coefficient (Wildman–Crippen LogP) is 3.15. The first-order chi connectivity index (χ1) is 8.50. The minimum absolute atomic E-state index is 0.0614. The molecular weight excluding hydrogens is 276 g/mol. The Bertz CT molecular complexity index is 406. The van der Waals surface area contributed by atoms with Crippen LogP contribution in [0.2, 0.25) is 0 Å². The highest BCUT2D eigenvalue weighted by Gasteiger charge is 2.36. The third-order valence-electron chi connectivity index (χ3n) is 2.25. The third kappa shape index (κ3) is 4.71. The predicted molar refractivity (Wildman–Crippen MR) is 55.0 cm³/mol. The lowest BCUT2D eigenvalue weighted by atomic mass is 10.0. The van der Waals surface area contributed by atoms with Crippen molar-refractivity contribution in [3.05, 3.63) is 34.9 Å². The fraction of sp³-hybridized carbons (Fsp3) is 0.455. The number of alkyl halides is 6. The fourth-order valence-corrected chi connectivity index (χ4v) is 1.39. The van der Waals surface area contributed by atoms with Gasteiger partial charge in [0.1, 0.15) is 6.23 Å². The van der Waals surface area contributed by atoms with E-state index in [1.165, 1.54) is 6.92 Å². The molecule has 0 spiro atoms. The van der Waals surface area contributed by atoms with Crippen LogP contribution in [0.5, 0.6) is 0 Å². The molecule has 0 bridgehead atoms. The number of rotatable bonds is 3. The minimum atomic E-state index is -4.86. The van der Waals surface area contributed by atoms with Gasteiger partial charge in [0.25, 0.3) is 0 Å². The molecule has 0 heterocycles. The third-order valence-corrected chi connectivity index (χ3v) is 2.25. The Hall–Kier alpha value is -1.28. The maximum absolute atomic E-state index is 12.5. The van der Waals surface area contributed by atoms with Crippen LogP contribution in [0.3, 0.4) is 0 Å². The zero-order valence-electron chi connectivity index (χ0n) is 9.73. The van der Waals surface area contributed by atoms with Crippen molar-refractivity contribution >= 4 is 0 Å². The van der Waals surface area contributed by atoms with Crippen LogP contribution in [0.4, 0.5) is 26.3 Å². The van der Waals surface area contributed by atoms with Gasteiger partial charge in [-0.3, -0.25) is 5.32 Å². The summed E-state index contributed by atoms with van der Waals surface area (Å²) in [6.45, 7) is 1.00. The molecule has 1 atom stereocenters. The monoisotopic (exact) mass is 287 g/mol. The zero-order valence-corrected chi connectivity index (χ0v) is 9.73. The van der Waals surface area contributed by atoms with Crippen LogP contribution in [0.25, 0.3) is 0 Å². The number of aliphatic hydroxyl groups is 1. The molecule has 0 amide bonds. The molecular formula is C11H11F6NO. The summed E-state index contributed by atoms with van der Waals surface area (Å²) in [5.74, 6) is 0. The fourth-order valence-electron chi connectivity index (χ4n) is 1.39. The lowest BCUT2D eigenvalue weighted by Gasteiger charge is -2.15. The molecule has 1 aromatic carbocycles. The summed E-state index contributed by atoms with van der Waals surface area (Å²) in [6.07, 6.45) is -10.8. The molecule has 0 radical (unpaired) electrons. The van der Waals surface area contributed by atoms with Gasteiger partial charge in [-0.05, 0) is 30.7 Å². The summed E-state index contributed by atoms with van der Waals surface area (Å²) in [6, 6.07) is 1.29. The second kappa shape index (κ2) is 5.38. The molecule has 0 saturated heterocycles. The Morgan fingerprint density at radius 2 is 1.42 bits per heavy atom. The van der Waals surface area contributed by atoms with E-state index in [4.69, 9.17) is 5.11 Å². The van der Waals surface area contributed by atoms with E-state index >= 15 is 0 Å². The number of aliphatic hydroxyl groups excluding tert-OH is 1. The van der Waals surface area contributed by atoms with Gasteiger partial charge < -0.3 is 5.11 Å². The van der Waals surface area contributed by atoms with E-state index in [1.807, 2.05) is 0 Å². The van der Waals surface area contributed by atoms with E-state index < -0.39 is 29.7 Å². The lowest BCUT2D eigenvalue weighted by Crippen LogP contribution is -2.25. The van der Waals surface area contributed by atoms with E-state index in [9.17, 15) is 26.3 Å². The maximum atomic E-state index is 12.5. The first-order valence-electron chi connectivity index (χ1n) is 5.20. The molecule has 0 fully saturated rings. The number of hydrogen-bond donors (Lipinski definition) is 2. The van der Waals surface area contributed by atoms with Crippen molar-refractivity contribution in [2.45, 2.75) is 32.0 Å². The first kappa shape index (κ1) is 15.8. The Balaban J connectivity index is 3.17. The van der Waals surface area contributed by atoms with Crippen molar-refractivity contribution in [1.82, 2.24) is 5.32 Å². The molecule has 0 aromatic heterocycles. The molecule has 8 heteroatoms. The van der Waals surface area contributed by atoms with Crippen LogP contribution in [0.15, 0.2) is 18.2 Å². The van der Waals surface area contributed by atoms with E-state index in [0.717, 1.165) is 0 Å². The van der Waals surface area contributed by atoms with Crippen molar-refractivity contribution in [3.63, 3.8) is 0 Å². The van der Waals surface area contributed by atoms with Crippen molar-refractivity contribution in [1.29, 1.82) is 0 Å². The molecule has 1 rings (SSSR count). The van der Waals surface area contributed by atoms with Crippen LogP contribution in [0, 0.1) is 0 Å². The SMILES string of the molecule is CC(O)NCc1cc(C(F)(F)F)cc(C(F)(F)F)c1. The van der Waals surface area contributed by atoms with Crippen molar-refractivity contribution in [2.75, 3.05) is 0 Å². The van der Waals surface area contributed by atoms with Gasteiger partial charge in [0.2, 0.25) is 0 Å². The molecule has 0 saturated carbocycles. The van der Waals surface area contributed by atoms with Crippen LogP contribution in [0.1, 0.15) is 23.6 Å². The summed E-state index contributed by atoms with van der Waals surface area (Å²) in [4.78, 5) is 0. The van der Waals surface area contributed by atoms with Gasteiger partial charge in [0.05, 0.1) is 11.1 Å². The summed E-state index contributed by atoms with van der Waals surface area (Å²) in [5.41, 5.74) is -2.95. The van der Waals surface area contributed by atoms with Crippen molar-refractivity contribution < 1.29 is 31.4 Å². The topological polar surface area (TPSA) is 32.3 Å². The second-order valence-electron chi connectivity index (χ2n) is 3.97. The Labute approximate surface area is 105 Å². The van der Waals surface area contributed by atoms with Crippen molar-refractivity contribution in [3.8, 4) is 0 Å². The van der Waals surface area contributed by atoms with Gasteiger partial charge in [0, 0.05) is 6.54 Å². The number of nitrogens with one attached hydrogen (secondary N) is 1. The lowest BCUT2D eigenvalue weighted by molar-refractivity contribution is -0.143. The largest absolute Gasteiger partial charge is 0.416 e. The number of hydrogen-bond acceptors (Lipinski definition) is 2. The Kier molecular flexibility index (Phi) is 4.46. The number of benzene rings is 1. The molecule has 0 aliphatic heterocycles. The van der Waals surface area contributed by atoms with Gasteiger partial charge in [-0.1, -0.05) is 0 Å². The van der Waals surface area contributed by atoms with E-state index in [-0.39, 0.29) is 18.2 Å². The molecule has 0 aliphatic rings. The quantitative estimate of drug-likeness (QED) is 0.661. The normalized spacial score (nSPS) is 14.5. The van der Waals surface area contributed by atoms with Gasteiger partial charge in [-0.25, -0.2) is 0 Å². The molecule has 19 heavy (non-hydrogen) atoms. The van der Waals surface area contributed by atoms with E-state index in [2.05, 4.69) is 5.32 Å². The van der Waals surface area contributed by atoms with Gasteiger partial charge in [-0.15, -0.1) is 0 Å². The zero-order chi connectivity index (χ0) is 14.8. The summed E-state index contributed by atoms with van der Waals surface area (Å²) in [5, 5.41) is 11.3. The summed E-state index contributed by atoms with van der Waals surface area (Å²) < 4.78 is 75.0. The highest BCUT2D eigenvalue weighted by atomic mass is 19.4. The first-order valence-corrected chi connectivity index (χ1v) is 5.20. The second-order valence-corrected chi connectivity index (χ2v) is 3.97. The molecule has 2 nitrogen and oxygen atoms in total. The van der Waals surface area contributed by atoms with Crippen molar-refractivity contribution in [2.24, 2.45) is 0 Å². The average molecular weight is 287 g/mol. The highest BCUT2D eigenvalue weighted by molar-refractivity contribution is 5.33. The van der Waals surface area contributed by atoms with Crippen LogP contribution in [-0.4, -0.2) is 11.3 Å². The smallest absolute Gasteiger partial charge is 0.379 e. The van der Waals surface area contributed by atoms with Crippen LogP contribution in [-0.2, 0) is 18.9 Å². The molecule has 1 aromatic rings. The van der Waals surface area contributed by atoms with Gasteiger partial charge in [0.15, 0.2) is 0 Å². The van der Waals surface area contributed by atoms with E-state index in [1.54, 1.807) is 0 Å². The van der Waals surface area contributed by atoms with Crippen LogP contribution < -0.4 is 5.32 Å². The van der Waals surface area contributed by atoms with Crippen LogP contribution >= 0.6 is 0 Å². The molecule has 1 unspecified atom stereocenters. The number of halogens is 6. The summed E-state index contributed by atoms with van der Waals surface area (Å²) >= 11 is 0. The van der Waals surface area contributed by atoms with Gasteiger partial charge >= 0.3 is 12.4 Å². The van der Waals surface area contributed by atoms with E-state index in [0.29, 0.717) is 12.1 Å². The maximum Gasteiger partial charge on any atom is 0.416 e. The Morgan fingerprint density at radius 1 is 1.00 bits per heavy atom. The average Bonchev–Trinajstić information content (AvgIpc) is 2.23. The molecule has 2 N–H and O–H groups in total. The molecule has 108 valence electrons. The molecule has 0 aliphatic carbocycles. The summed E-state index contributed by atoms with van der Waals surface area (Å²) in [7, 11) is 0. The van der Waals surface area contributed by atoms with Gasteiger partial charge in [-0.2, -0.15) is 26.3 Å². The standard InChI is InChI=1S/C11H11F6NO/c1-6(19)18-5-7-2-8(10(12,13)14)4-9(3-7)11(15,16)17/h2-4,6,18-19H,5H2,1H3. The Morgan fingerprint density at radius 3 is 1.74 bits per heavy atom. The highest BCUT2D eigenvalue weighted by Crippen LogP contribution is 2.36. The minimum Gasteiger partial charge on any atom is -0.379 e.